The first kappa shape index (κ1) is 16.0. The lowest BCUT2D eigenvalue weighted by molar-refractivity contribution is 0.174. The van der Waals surface area contributed by atoms with E-state index in [1.165, 1.54) is 6.07 Å². The summed E-state index contributed by atoms with van der Waals surface area (Å²) in [4.78, 5) is 1.98. The number of rotatable bonds is 5. The number of aromatic nitrogens is 2. The molecule has 5 nitrogen and oxygen atoms in total. The zero-order valence-corrected chi connectivity index (χ0v) is 12.9. The minimum Gasteiger partial charge on any atom is -0.426 e. The summed E-state index contributed by atoms with van der Waals surface area (Å²) in [6, 6.07) is 3.14. The van der Waals surface area contributed by atoms with Gasteiger partial charge in [0.05, 0.1) is 6.10 Å². The van der Waals surface area contributed by atoms with E-state index < -0.39 is 17.7 Å². The highest BCUT2D eigenvalue weighted by Crippen LogP contribution is 2.34. The van der Waals surface area contributed by atoms with Gasteiger partial charge in [-0.15, -0.1) is 10.2 Å². The van der Waals surface area contributed by atoms with Crippen molar-refractivity contribution < 1.29 is 18.3 Å². The second-order valence-electron chi connectivity index (χ2n) is 5.88. The second kappa shape index (κ2) is 6.72. The van der Waals surface area contributed by atoms with E-state index in [1.54, 1.807) is 6.92 Å². The molecular weight excluding hydrogens is 304 g/mol. The summed E-state index contributed by atoms with van der Waals surface area (Å²) in [5.74, 6) is 0.180. The van der Waals surface area contributed by atoms with Crippen LogP contribution in [0.4, 0.5) is 8.78 Å². The van der Waals surface area contributed by atoms with Crippen molar-refractivity contribution in [2.24, 2.45) is 0 Å². The average Bonchev–Trinajstić information content (AvgIpc) is 3.08. The van der Waals surface area contributed by atoms with Crippen LogP contribution in [0.25, 0.3) is 0 Å². The standard InChI is InChI=1S/C16H19F2N3O2/c1-10-19-20-16(23-10)3-2-6-21-9-12(22)8-15(21)13-7-11(17)4-5-14(13)18/h4-5,7,12,15,22H,2-3,6,8-9H2,1H3. The van der Waals surface area contributed by atoms with Crippen molar-refractivity contribution in [1.82, 2.24) is 15.1 Å². The van der Waals surface area contributed by atoms with E-state index in [0.29, 0.717) is 43.3 Å². The lowest BCUT2D eigenvalue weighted by Crippen LogP contribution is -2.27. The Morgan fingerprint density at radius 2 is 2.17 bits per heavy atom. The number of hydrogen-bond acceptors (Lipinski definition) is 5. The molecule has 1 aromatic carbocycles. The van der Waals surface area contributed by atoms with Gasteiger partial charge in [0.25, 0.3) is 0 Å². The normalized spacial score (nSPS) is 21.9. The zero-order valence-electron chi connectivity index (χ0n) is 12.9. The number of nitrogens with zero attached hydrogens (tertiary/aromatic N) is 3. The van der Waals surface area contributed by atoms with Crippen LogP contribution < -0.4 is 0 Å². The third kappa shape index (κ3) is 3.73. The van der Waals surface area contributed by atoms with Crippen molar-refractivity contribution in [1.29, 1.82) is 0 Å². The minimum atomic E-state index is -0.534. The molecule has 2 atom stereocenters. The lowest BCUT2D eigenvalue weighted by Gasteiger charge is -2.24. The molecule has 1 fully saturated rings. The number of benzene rings is 1. The van der Waals surface area contributed by atoms with Gasteiger partial charge in [0.2, 0.25) is 11.8 Å². The van der Waals surface area contributed by atoms with Gasteiger partial charge < -0.3 is 9.52 Å². The molecule has 0 aliphatic carbocycles. The summed E-state index contributed by atoms with van der Waals surface area (Å²) < 4.78 is 32.7. The Morgan fingerprint density at radius 3 is 2.91 bits per heavy atom. The molecule has 1 aliphatic rings. The maximum absolute atomic E-state index is 14.0. The molecule has 7 heteroatoms. The fourth-order valence-corrected chi connectivity index (χ4v) is 3.09. The molecule has 1 N–H and O–H groups in total. The third-order valence-corrected chi connectivity index (χ3v) is 4.10. The van der Waals surface area contributed by atoms with Gasteiger partial charge in [0.15, 0.2) is 0 Å². The number of halogens is 2. The van der Waals surface area contributed by atoms with Crippen LogP contribution >= 0.6 is 0 Å². The van der Waals surface area contributed by atoms with E-state index in [-0.39, 0.29) is 6.04 Å². The minimum absolute atomic E-state index is 0.301. The highest BCUT2D eigenvalue weighted by Gasteiger charge is 2.33. The van der Waals surface area contributed by atoms with E-state index >= 15 is 0 Å². The van der Waals surface area contributed by atoms with Crippen molar-refractivity contribution in [2.75, 3.05) is 13.1 Å². The summed E-state index contributed by atoms with van der Waals surface area (Å²) in [5.41, 5.74) is 0.301. The molecule has 1 saturated heterocycles. The first-order valence-corrected chi connectivity index (χ1v) is 7.69. The number of likely N-dealkylation sites (tertiary alicyclic amines) is 1. The molecule has 2 heterocycles. The van der Waals surface area contributed by atoms with Crippen LogP contribution in [0.2, 0.25) is 0 Å². The Hall–Kier alpha value is -1.86. The predicted octanol–water partition coefficient (Wildman–Crippen LogP) is 2.40. The van der Waals surface area contributed by atoms with E-state index in [2.05, 4.69) is 10.2 Å². The number of aliphatic hydroxyl groups excluding tert-OH is 1. The molecule has 0 saturated carbocycles. The number of aliphatic hydroxyl groups is 1. The third-order valence-electron chi connectivity index (χ3n) is 4.10. The van der Waals surface area contributed by atoms with Gasteiger partial charge in [-0.3, -0.25) is 4.90 Å². The van der Waals surface area contributed by atoms with Crippen LogP contribution in [0.5, 0.6) is 0 Å². The van der Waals surface area contributed by atoms with Crippen LogP contribution in [-0.2, 0) is 6.42 Å². The zero-order chi connectivity index (χ0) is 16.4. The smallest absolute Gasteiger partial charge is 0.216 e. The molecule has 2 unspecified atom stereocenters. The first-order valence-electron chi connectivity index (χ1n) is 7.69. The average molecular weight is 323 g/mol. The van der Waals surface area contributed by atoms with Crippen molar-refractivity contribution in [3.63, 3.8) is 0 Å². The van der Waals surface area contributed by atoms with Crippen LogP contribution in [0.1, 0.15) is 36.2 Å². The van der Waals surface area contributed by atoms with Gasteiger partial charge in [-0.2, -0.15) is 0 Å². The monoisotopic (exact) mass is 323 g/mol. The molecule has 0 amide bonds. The van der Waals surface area contributed by atoms with Crippen LogP contribution in [0, 0.1) is 18.6 Å². The molecule has 1 aliphatic heterocycles. The number of β-amino-alcohol motifs (C(OH)–C–C–N with tert-alkyl or cyclic N) is 1. The molecule has 0 bridgehead atoms. The maximum atomic E-state index is 14.0. The first-order chi connectivity index (χ1) is 11.0. The Bertz CT molecular complexity index is 677. The topological polar surface area (TPSA) is 62.4 Å². The fourth-order valence-electron chi connectivity index (χ4n) is 3.09. The Labute approximate surface area is 132 Å². The van der Waals surface area contributed by atoms with Gasteiger partial charge in [-0.25, -0.2) is 8.78 Å². The van der Waals surface area contributed by atoms with Crippen molar-refractivity contribution in [3.05, 3.63) is 47.2 Å². The van der Waals surface area contributed by atoms with E-state index in [4.69, 9.17) is 4.42 Å². The molecular formula is C16H19F2N3O2. The fraction of sp³-hybridized carbons (Fsp3) is 0.500. The molecule has 0 radical (unpaired) electrons. The van der Waals surface area contributed by atoms with Gasteiger partial charge in [0, 0.05) is 31.5 Å². The largest absolute Gasteiger partial charge is 0.426 e. The van der Waals surface area contributed by atoms with Gasteiger partial charge in [0.1, 0.15) is 11.6 Å². The van der Waals surface area contributed by atoms with Crippen molar-refractivity contribution in [2.45, 2.75) is 38.3 Å². The molecule has 1 aromatic heterocycles. The van der Waals surface area contributed by atoms with Crippen molar-refractivity contribution >= 4 is 0 Å². The second-order valence-corrected chi connectivity index (χ2v) is 5.88. The van der Waals surface area contributed by atoms with Crippen LogP contribution in [-0.4, -0.2) is 39.4 Å². The van der Waals surface area contributed by atoms with E-state index in [0.717, 1.165) is 18.6 Å². The number of hydrogen-bond donors (Lipinski definition) is 1. The van der Waals surface area contributed by atoms with Crippen LogP contribution in [0.3, 0.4) is 0 Å². The summed E-state index contributed by atoms with van der Waals surface area (Å²) in [5, 5.41) is 17.6. The Balaban J connectivity index is 1.66. The molecule has 23 heavy (non-hydrogen) atoms. The highest BCUT2D eigenvalue weighted by molar-refractivity contribution is 5.23. The Kier molecular flexibility index (Phi) is 4.68. The van der Waals surface area contributed by atoms with E-state index in [9.17, 15) is 13.9 Å². The summed E-state index contributed by atoms with van der Waals surface area (Å²) in [6.07, 6.45) is 1.22. The molecule has 124 valence electrons. The quantitative estimate of drug-likeness (QED) is 0.915. The van der Waals surface area contributed by atoms with E-state index in [1.807, 2.05) is 4.90 Å². The van der Waals surface area contributed by atoms with Gasteiger partial charge in [-0.1, -0.05) is 0 Å². The SMILES string of the molecule is Cc1nnc(CCCN2CC(O)CC2c2cc(F)ccc2F)o1. The molecule has 0 spiro atoms. The number of aryl methyl sites for hydroxylation is 2. The van der Waals surface area contributed by atoms with Crippen LogP contribution in [0.15, 0.2) is 22.6 Å². The highest BCUT2D eigenvalue weighted by atomic mass is 19.1. The van der Waals surface area contributed by atoms with Gasteiger partial charge >= 0.3 is 0 Å². The summed E-state index contributed by atoms with van der Waals surface area (Å²) in [6.45, 7) is 2.82. The summed E-state index contributed by atoms with van der Waals surface area (Å²) in [7, 11) is 0. The lowest BCUT2D eigenvalue weighted by atomic mass is 10.0. The Morgan fingerprint density at radius 1 is 1.35 bits per heavy atom. The summed E-state index contributed by atoms with van der Waals surface area (Å²) >= 11 is 0. The molecule has 2 aromatic rings. The van der Waals surface area contributed by atoms with Crippen molar-refractivity contribution in [3.8, 4) is 0 Å². The maximum Gasteiger partial charge on any atom is 0.216 e. The van der Waals surface area contributed by atoms with Gasteiger partial charge in [-0.05, 0) is 37.6 Å². The predicted molar refractivity (Wildman–Crippen MR) is 78.7 cm³/mol. The molecule has 3 rings (SSSR count).